The fourth-order valence-electron chi connectivity index (χ4n) is 4.24. The first-order valence-electron chi connectivity index (χ1n) is 10.9. The van der Waals surface area contributed by atoms with Gasteiger partial charge in [0.05, 0.1) is 5.69 Å². The number of ether oxygens (including phenoxy) is 2. The summed E-state index contributed by atoms with van der Waals surface area (Å²) in [4.78, 5) is 17.9. The number of benzene rings is 2. The highest BCUT2D eigenvalue weighted by molar-refractivity contribution is 6.29. The van der Waals surface area contributed by atoms with Gasteiger partial charge in [0.15, 0.2) is 0 Å². The minimum absolute atomic E-state index is 0.265. The number of likely N-dealkylation sites (tertiary alicyclic amines) is 1. The molecule has 0 radical (unpaired) electrons. The standard InChI is InChI=1S/C26H27ClN2O3/c1-18(2)22-7-3-4-8-24(22)32-21-10-11-23(25(14-21)31-17-30)19-12-13-29(15-19)16-20-6-5-9-26(27)28-20/h3-11,14,17-19H,12-13,15-16H2,1-2H3. The van der Waals surface area contributed by atoms with E-state index < -0.39 is 0 Å². The van der Waals surface area contributed by atoms with E-state index in [1.54, 1.807) is 6.07 Å². The van der Waals surface area contributed by atoms with Crippen molar-refractivity contribution >= 4 is 18.1 Å². The van der Waals surface area contributed by atoms with E-state index in [1.807, 2.05) is 48.5 Å². The van der Waals surface area contributed by atoms with E-state index in [4.69, 9.17) is 21.1 Å². The minimum Gasteiger partial charge on any atom is -0.457 e. The van der Waals surface area contributed by atoms with Crippen LogP contribution in [0.2, 0.25) is 5.15 Å². The zero-order valence-electron chi connectivity index (χ0n) is 18.3. The molecule has 0 bridgehead atoms. The van der Waals surface area contributed by atoms with E-state index in [1.165, 1.54) is 0 Å². The minimum atomic E-state index is 0.265. The first kappa shape index (κ1) is 22.3. The Labute approximate surface area is 193 Å². The smallest absolute Gasteiger partial charge is 0.298 e. The highest BCUT2D eigenvalue weighted by atomic mass is 35.5. The van der Waals surface area contributed by atoms with Crippen LogP contribution in [0.5, 0.6) is 17.2 Å². The summed E-state index contributed by atoms with van der Waals surface area (Å²) in [6.07, 6.45) is 0.978. The highest BCUT2D eigenvalue weighted by Gasteiger charge is 2.27. The molecule has 166 valence electrons. The summed E-state index contributed by atoms with van der Waals surface area (Å²) in [5.41, 5.74) is 3.11. The first-order chi connectivity index (χ1) is 15.5. The van der Waals surface area contributed by atoms with Gasteiger partial charge in [0.1, 0.15) is 22.4 Å². The molecule has 5 nitrogen and oxygen atoms in total. The second-order valence-corrected chi connectivity index (χ2v) is 8.77. The van der Waals surface area contributed by atoms with E-state index in [0.717, 1.165) is 48.6 Å². The van der Waals surface area contributed by atoms with Gasteiger partial charge in [-0.3, -0.25) is 9.69 Å². The van der Waals surface area contributed by atoms with Gasteiger partial charge in [-0.1, -0.05) is 55.8 Å². The average Bonchev–Trinajstić information content (AvgIpc) is 3.22. The van der Waals surface area contributed by atoms with Crippen LogP contribution in [0.4, 0.5) is 0 Å². The number of hydrogen-bond acceptors (Lipinski definition) is 5. The largest absolute Gasteiger partial charge is 0.457 e. The number of halogens is 1. The van der Waals surface area contributed by atoms with E-state index in [2.05, 4.69) is 29.8 Å². The van der Waals surface area contributed by atoms with E-state index in [-0.39, 0.29) is 5.92 Å². The van der Waals surface area contributed by atoms with Crippen molar-refractivity contribution in [2.24, 2.45) is 0 Å². The second kappa shape index (κ2) is 10.2. The zero-order chi connectivity index (χ0) is 22.5. The van der Waals surface area contributed by atoms with Crippen LogP contribution >= 0.6 is 11.6 Å². The third-order valence-corrected chi connectivity index (χ3v) is 6.01. The van der Waals surface area contributed by atoms with Crippen molar-refractivity contribution in [3.63, 3.8) is 0 Å². The molecule has 0 saturated carbocycles. The van der Waals surface area contributed by atoms with Crippen LogP contribution < -0.4 is 9.47 Å². The van der Waals surface area contributed by atoms with Crippen molar-refractivity contribution < 1.29 is 14.3 Å². The Morgan fingerprint density at radius 1 is 1.12 bits per heavy atom. The van der Waals surface area contributed by atoms with Crippen molar-refractivity contribution in [1.82, 2.24) is 9.88 Å². The number of nitrogens with zero attached hydrogens (tertiary/aromatic N) is 2. The summed E-state index contributed by atoms with van der Waals surface area (Å²) in [7, 11) is 0. The number of pyridine rings is 1. The fourth-order valence-corrected chi connectivity index (χ4v) is 4.43. The van der Waals surface area contributed by atoms with Gasteiger partial charge in [0, 0.05) is 25.1 Å². The predicted molar refractivity (Wildman–Crippen MR) is 126 cm³/mol. The van der Waals surface area contributed by atoms with Crippen LogP contribution in [0.25, 0.3) is 0 Å². The summed E-state index contributed by atoms with van der Waals surface area (Å²) in [6, 6.07) is 19.5. The summed E-state index contributed by atoms with van der Waals surface area (Å²) >= 11 is 6.02. The summed E-state index contributed by atoms with van der Waals surface area (Å²) in [6.45, 7) is 7.30. The van der Waals surface area contributed by atoms with Gasteiger partial charge < -0.3 is 9.47 Å². The third-order valence-electron chi connectivity index (χ3n) is 5.80. The van der Waals surface area contributed by atoms with Crippen LogP contribution in [0.3, 0.4) is 0 Å². The van der Waals surface area contributed by atoms with Crippen molar-refractivity contribution in [3.8, 4) is 17.2 Å². The molecule has 0 spiro atoms. The quantitative estimate of drug-likeness (QED) is 0.303. The molecule has 0 amide bonds. The SMILES string of the molecule is CC(C)c1ccccc1Oc1ccc(C2CCN(Cc3cccc(Cl)n3)C2)c(OC=O)c1. The summed E-state index contributed by atoms with van der Waals surface area (Å²) in [5, 5.41) is 0.509. The van der Waals surface area contributed by atoms with E-state index in [0.29, 0.717) is 29.0 Å². The lowest BCUT2D eigenvalue weighted by Gasteiger charge is -2.18. The normalized spacial score (nSPS) is 16.3. The molecule has 32 heavy (non-hydrogen) atoms. The Balaban J connectivity index is 1.50. The van der Waals surface area contributed by atoms with Crippen LogP contribution in [0, 0.1) is 0 Å². The lowest BCUT2D eigenvalue weighted by Crippen LogP contribution is -2.20. The van der Waals surface area contributed by atoms with Crippen molar-refractivity contribution in [2.75, 3.05) is 13.1 Å². The van der Waals surface area contributed by atoms with Crippen LogP contribution in [0.1, 0.15) is 48.9 Å². The monoisotopic (exact) mass is 450 g/mol. The molecule has 2 aromatic carbocycles. The van der Waals surface area contributed by atoms with Crippen molar-refractivity contribution in [1.29, 1.82) is 0 Å². The maximum absolute atomic E-state index is 11.2. The molecule has 1 aliphatic heterocycles. The Kier molecular flexibility index (Phi) is 7.08. The molecule has 1 unspecified atom stereocenters. The molecular weight excluding hydrogens is 424 g/mol. The topological polar surface area (TPSA) is 51.7 Å². The van der Waals surface area contributed by atoms with E-state index in [9.17, 15) is 4.79 Å². The predicted octanol–water partition coefficient (Wildman–Crippen LogP) is 6.18. The van der Waals surface area contributed by atoms with Crippen LogP contribution in [-0.2, 0) is 11.3 Å². The summed E-state index contributed by atoms with van der Waals surface area (Å²) in [5.74, 6) is 2.62. The Morgan fingerprint density at radius 3 is 2.75 bits per heavy atom. The Hall–Kier alpha value is -2.89. The van der Waals surface area contributed by atoms with Crippen molar-refractivity contribution in [3.05, 3.63) is 82.6 Å². The van der Waals surface area contributed by atoms with Gasteiger partial charge in [-0.2, -0.15) is 0 Å². The zero-order valence-corrected chi connectivity index (χ0v) is 19.1. The summed E-state index contributed by atoms with van der Waals surface area (Å²) < 4.78 is 11.5. The van der Waals surface area contributed by atoms with Crippen LogP contribution in [0.15, 0.2) is 60.7 Å². The van der Waals surface area contributed by atoms with E-state index >= 15 is 0 Å². The number of rotatable bonds is 8. The van der Waals surface area contributed by atoms with Gasteiger partial charge in [0.2, 0.25) is 0 Å². The number of para-hydroxylation sites is 1. The average molecular weight is 451 g/mol. The molecular formula is C26H27ClN2O3. The molecule has 2 heterocycles. The van der Waals surface area contributed by atoms with Gasteiger partial charge in [-0.05, 0) is 54.3 Å². The molecule has 1 aliphatic rings. The Morgan fingerprint density at radius 2 is 1.97 bits per heavy atom. The fraction of sp³-hybridized carbons (Fsp3) is 0.308. The maximum atomic E-state index is 11.2. The number of carbonyl (C=O) groups is 1. The Bertz CT molecular complexity index is 1090. The van der Waals surface area contributed by atoms with Crippen molar-refractivity contribution in [2.45, 2.75) is 38.6 Å². The molecule has 1 atom stereocenters. The molecule has 1 saturated heterocycles. The molecule has 6 heteroatoms. The molecule has 1 aromatic heterocycles. The number of aromatic nitrogens is 1. The molecule has 4 rings (SSSR count). The number of carbonyl (C=O) groups excluding carboxylic acids is 1. The molecule has 1 fully saturated rings. The van der Waals surface area contributed by atoms with Crippen LogP contribution in [-0.4, -0.2) is 29.4 Å². The number of hydrogen-bond donors (Lipinski definition) is 0. The lowest BCUT2D eigenvalue weighted by atomic mass is 9.97. The van der Waals surface area contributed by atoms with Gasteiger partial charge in [-0.15, -0.1) is 0 Å². The third kappa shape index (κ3) is 5.29. The van der Waals surface area contributed by atoms with Gasteiger partial charge in [-0.25, -0.2) is 4.98 Å². The van der Waals surface area contributed by atoms with Gasteiger partial charge in [0.25, 0.3) is 6.47 Å². The van der Waals surface area contributed by atoms with Gasteiger partial charge >= 0.3 is 0 Å². The maximum Gasteiger partial charge on any atom is 0.298 e. The molecule has 0 N–H and O–H groups in total. The second-order valence-electron chi connectivity index (χ2n) is 8.38. The first-order valence-corrected chi connectivity index (χ1v) is 11.3. The molecule has 3 aromatic rings. The highest BCUT2D eigenvalue weighted by Crippen LogP contribution is 2.38. The molecule has 0 aliphatic carbocycles. The lowest BCUT2D eigenvalue weighted by molar-refractivity contribution is -0.120.